The molecule has 0 aliphatic carbocycles. The minimum atomic E-state index is -0.736. The number of amides is 1. The number of benzene rings is 1. The van der Waals surface area contributed by atoms with E-state index in [1.54, 1.807) is 0 Å². The van der Waals surface area contributed by atoms with E-state index in [9.17, 15) is 25.0 Å². The van der Waals surface area contributed by atoms with Gasteiger partial charge in [-0.25, -0.2) is 0 Å². The standard InChI is InChI=1S/C16H21BrN4O6/c17-3-2-13-14(10-12(20(23)24)11-15(13)21(25)26)16(22)18-4-1-5-19-6-8-27-9-7-19/h10-11H,1-9H2,(H,18,22). The normalized spacial score (nSPS) is 14.7. The van der Waals surface area contributed by atoms with E-state index in [0.717, 1.165) is 31.8 Å². The van der Waals surface area contributed by atoms with E-state index in [-0.39, 0.29) is 17.5 Å². The number of ether oxygens (including phenoxy) is 1. The third kappa shape index (κ3) is 5.94. The van der Waals surface area contributed by atoms with Gasteiger partial charge in [0.05, 0.1) is 34.7 Å². The number of non-ortho nitro benzene ring substituents is 1. The fourth-order valence-corrected chi connectivity index (χ4v) is 3.29. The van der Waals surface area contributed by atoms with Gasteiger partial charge in [-0.15, -0.1) is 0 Å². The van der Waals surface area contributed by atoms with E-state index in [2.05, 4.69) is 26.1 Å². The molecule has 10 nitrogen and oxygen atoms in total. The highest BCUT2D eigenvalue weighted by Crippen LogP contribution is 2.29. The number of nitrogens with zero attached hydrogens (tertiary/aromatic N) is 3. The topological polar surface area (TPSA) is 128 Å². The maximum atomic E-state index is 12.5. The summed E-state index contributed by atoms with van der Waals surface area (Å²) in [5.41, 5.74) is -0.726. The molecule has 11 heteroatoms. The van der Waals surface area contributed by atoms with Crippen molar-refractivity contribution in [2.75, 3.05) is 44.7 Å². The fraction of sp³-hybridized carbons (Fsp3) is 0.562. The lowest BCUT2D eigenvalue weighted by Crippen LogP contribution is -2.38. The highest BCUT2D eigenvalue weighted by molar-refractivity contribution is 9.09. The van der Waals surface area contributed by atoms with Gasteiger partial charge in [0.1, 0.15) is 0 Å². The molecule has 0 radical (unpaired) electrons. The third-order valence-electron chi connectivity index (χ3n) is 4.25. The monoisotopic (exact) mass is 444 g/mol. The quantitative estimate of drug-likeness (QED) is 0.266. The summed E-state index contributed by atoms with van der Waals surface area (Å²) in [6.45, 7) is 4.26. The largest absolute Gasteiger partial charge is 0.379 e. The van der Waals surface area contributed by atoms with Crippen molar-refractivity contribution < 1.29 is 19.4 Å². The van der Waals surface area contributed by atoms with E-state index < -0.39 is 27.1 Å². The number of hydrogen-bond acceptors (Lipinski definition) is 7. The number of carbonyl (C=O) groups is 1. The van der Waals surface area contributed by atoms with Crippen LogP contribution in [0.15, 0.2) is 12.1 Å². The Morgan fingerprint density at radius 2 is 1.93 bits per heavy atom. The zero-order valence-electron chi connectivity index (χ0n) is 14.7. The van der Waals surface area contributed by atoms with Gasteiger partial charge in [0.15, 0.2) is 0 Å². The number of morpholine rings is 1. The van der Waals surface area contributed by atoms with Crippen LogP contribution in [0.5, 0.6) is 0 Å². The van der Waals surface area contributed by atoms with Crippen molar-refractivity contribution in [1.82, 2.24) is 10.2 Å². The van der Waals surface area contributed by atoms with Gasteiger partial charge in [-0.1, -0.05) is 15.9 Å². The SMILES string of the molecule is O=C(NCCCN1CCOCC1)c1cc([N+](=O)[O-])cc([N+](=O)[O-])c1CCBr. The van der Waals surface area contributed by atoms with Crippen molar-refractivity contribution in [2.45, 2.75) is 12.8 Å². The molecule has 0 unspecified atom stereocenters. The second-order valence-electron chi connectivity index (χ2n) is 6.01. The average molecular weight is 445 g/mol. The first-order chi connectivity index (χ1) is 12.9. The van der Waals surface area contributed by atoms with Crippen molar-refractivity contribution in [3.05, 3.63) is 43.5 Å². The zero-order valence-corrected chi connectivity index (χ0v) is 16.3. The summed E-state index contributed by atoms with van der Waals surface area (Å²) in [4.78, 5) is 35.7. The molecule has 27 heavy (non-hydrogen) atoms. The predicted molar refractivity (Wildman–Crippen MR) is 101 cm³/mol. The van der Waals surface area contributed by atoms with Crippen molar-refractivity contribution in [1.29, 1.82) is 0 Å². The molecule has 1 aromatic rings. The first-order valence-electron chi connectivity index (χ1n) is 8.54. The smallest absolute Gasteiger partial charge is 0.280 e. The molecular formula is C16H21BrN4O6. The average Bonchev–Trinajstić information content (AvgIpc) is 2.65. The molecule has 0 aromatic heterocycles. The molecule has 1 aliphatic rings. The number of rotatable bonds is 9. The molecule has 0 bridgehead atoms. The lowest BCUT2D eigenvalue weighted by molar-refractivity contribution is -0.394. The Morgan fingerprint density at radius 1 is 1.22 bits per heavy atom. The summed E-state index contributed by atoms with van der Waals surface area (Å²) in [6.07, 6.45) is 0.918. The van der Waals surface area contributed by atoms with Crippen LogP contribution in [-0.4, -0.2) is 65.4 Å². The Balaban J connectivity index is 2.10. The molecule has 1 aliphatic heterocycles. The molecule has 0 atom stereocenters. The number of nitro groups is 2. The Bertz CT molecular complexity index is 708. The minimum absolute atomic E-state index is 0.0262. The summed E-state index contributed by atoms with van der Waals surface area (Å²) >= 11 is 3.20. The van der Waals surface area contributed by atoms with Crippen LogP contribution in [0.4, 0.5) is 11.4 Å². The molecule has 1 aromatic carbocycles. The van der Waals surface area contributed by atoms with Crippen LogP contribution in [-0.2, 0) is 11.2 Å². The Morgan fingerprint density at radius 3 is 2.52 bits per heavy atom. The summed E-state index contributed by atoms with van der Waals surface area (Å²) < 4.78 is 5.27. The fourth-order valence-electron chi connectivity index (χ4n) is 2.89. The van der Waals surface area contributed by atoms with Gasteiger partial charge in [0.25, 0.3) is 17.3 Å². The van der Waals surface area contributed by atoms with Crippen molar-refractivity contribution >= 4 is 33.2 Å². The number of nitro benzene ring substituents is 2. The Labute approximate surface area is 164 Å². The van der Waals surface area contributed by atoms with E-state index in [0.29, 0.717) is 31.5 Å². The highest BCUT2D eigenvalue weighted by atomic mass is 79.9. The van der Waals surface area contributed by atoms with Crippen LogP contribution >= 0.6 is 15.9 Å². The second-order valence-corrected chi connectivity index (χ2v) is 6.80. The van der Waals surface area contributed by atoms with Gasteiger partial charge in [-0.2, -0.15) is 0 Å². The van der Waals surface area contributed by atoms with Crippen LogP contribution in [0.1, 0.15) is 22.3 Å². The lowest BCUT2D eigenvalue weighted by Gasteiger charge is -2.26. The molecule has 148 valence electrons. The summed E-state index contributed by atoms with van der Waals surface area (Å²) in [7, 11) is 0. The molecule has 1 N–H and O–H groups in total. The molecular weight excluding hydrogens is 424 g/mol. The van der Waals surface area contributed by atoms with Crippen molar-refractivity contribution in [2.24, 2.45) is 0 Å². The highest BCUT2D eigenvalue weighted by Gasteiger charge is 2.26. The third-order valence-corrected chi connectivity index (χ3v) is 4.64. The van der Waals surface area contributed by atoms with Crippen LogP contribution in [0.25, 0.3) is 0 Å². The van der Waals surface area contributed by atoms with Crippen LogP contribution in [0.2, 0.25) is 0 Å². The van der Waals surface area contributed by atoms with Gasteiger partial charge >= 0.3 is 0 Å². The zero-order chi connectivity index (χ0) is 19.8. The van der Waals surface area contributed by atoms with Crippen LogP contribution < -0.4 is 5.32 Å². The van der Waals surface area contributed by atoms with Crippen LogP contribution in [0, 0.1) is 20.2 Å². The van der Waals surface area contributed by atoms with Gasteiger partial charge in [0, 0.05) is 36.6 Å². The first kappa shape index (κ1) is 21.2. The number of nitrogens with one attached hydrogen (secondary N) is 1. The number of carbonyl (C=O) groups excluding carboxylic acids is 1. The number of alkyl halides is 1. The first-order valence-corrected chi connectivity index (χ1v) is 9.66. The predicted octanol–water partition coefficient (Wildman–Crippen LogP) is 1.89. The number of halogens is 1. The van der Waals surface area contributed by atoms with E-state index in [1.165, 1.54) is 0 Å². The molecule has 0 saturated carbocycles. The molecule has 1 saturated heterocycles. The van der Waals surface area contributed by atoms with E-state index in [4.69, 9.17) is 4.74 Å². The maximum Gasteiger partial charge on any atom is 0.280 e. The summed E-state index contributed by atoms with van der Waals surface area (Å²) in [5, 5.41) is 25.5. The van der Waals surface area contributed by atoms with Gasteiger partial charge < -0.3 is 10.1 Å². The van der Waals surface area contributed by atoms with E-state index >= 15 is 0 Å². The van der Waals surface area contributed by atoms with Crippen molar-refractivity contribution in [3.63, 3.8) is 0 Å². The summed E-state index contributed by atoms with van der Waals surface area (Å²) in [5.74, 6) is -0.542. The Kier molecular flexibility index (Phi) is 8.07. The molecule has 1 amide bonds. The van der Waals surface area contributed by atoms with Crippen LogP contribution in [0.3, 0.4) is 0 Å². The Hall–Kier alpha value is -2.11. The molecule has 0 spiro atoms. The molecule has 2 rings (SSSR count). The van der Waals surface area contributed by atoms with Gasteiger partial charge in [0.2, 0.25) is 0 Å². The van der Waals surface area contributed by atoms with Gasteiger partial charge in [-0.05, 0) is 19.4 Å². The van der Waals surface area contributed by atoms with E-state index in [1.807, 2.05) is 0 Å². The van der Waals surface area contributed by atoms with Gasteiger partial charge in [-0.3, -0.25) is 29.9 Å². The maximum absolute atomic E-state index is 12.5. The lowest BCUT2D eigenvalue weighted by atomic mass is 10.0. The molecule has 1 fully saturated rings. The van der Waals surface area contributed by atoms with Crippen molar-refractivity contribution in [3.8, 4) is 0 Å². The minimum Gasteiger partial charge on any atom is -0.379 e. The second kappa shape index (κ2) is 10.3. The summed E-state index contributed by atoms with van der Waals surface area (Å²) in [6, 6.07) is 2.00. The number of hydrogen-bond donors (Lipinski definition) is 1. The molecule has 1 heterocycles.